The molecule has 0 saturated heterocycles. The van der Waals surface area contributed by atoms with Crippen LogP contribution >= 0.6 is 22.7 Å². The summed E-state index contributed by atoms with van der Waals surface area (Å²) in [5, 5.41) is 8.17. The minimum absolute atomic E-state index is 0.0387. The van der Waals surface area contributed by atoms with Gasteiger partial charge in [-0.05, 0) is 43.2 Å². The number of hydrogen-bond acceptors (Lipinski definition) is 4. The predicted octanol–water partition coefficient (Wildman–Crippen LogP) is 3.79. The van der Waals surface area contributed by atoms with Gasteiger partial charge in [0.15, 0.2) is 0 Å². The van der Waals surface area contributed by atoms with Crippen molar-refractivity contribution in [3.63, 3.8) is 0 Å². The number of thiazole rings is 1. The van der Waals surface area contributed by atoms with E-state index in [9.17, 15) is 4.79 Å². The van der Waals surface area contributed by atoms with Gasteiger partial charge >= 0.3 is 0 Å². The van der Waals surface area contributed by atoms with Crippen molar-refractivity contribution in [3.05, 3.63) is 44.5 Å². The summed E-state index contributed by atoms with van der Waals surface area (Å²) in [4.78, 5) is 17.7. The molecule has 1 N–H and O–H groups in total. The minimum Gasteiger partial charge on any atom is -0.343 e. The average Bonchev–Trinajstić information content (AvgIpc) is 2.96. The van der Waals surface area contributed by atoms with Crippen molar-refractivity contribution in [1.29, 1.82) is 0 Å². The van der Waals surface area contributed by atoms with Gasteiger partial charge in [0.1, 0.15) is 5.01 Å². The Hall–Kier alpha value is -1.46. The molecule has 1 aliphatic carbocycles. The number of hydrogen-bond donors (Lipinski definition) is 1. The van der Waals surface area contributed by atoms with Crippen LogP contribution in [0.25, 0.3) is 6.08 Å². The van der Waals surface area contributed by atoms with Crippen LogP contribution in [-0.2, 0) is 4.79 Å². The van der Waals surface area contributed by atoms with Crippen LogP contribution < -0.4 is 5.32 Å². The van der Waals surface area contributed by atoms with Gasteiger partial charge in [-0.1, -0.05) is 6.07 Å². The average molecular weight is 304 g/mol. The van der Waals surface area contributed by atoms with Crippen LogP contribution in [-0.4, -0.2) is 10.9 Å². The maximum absolute atomic E-state index is 12.0. The smallest absolute Gasteiger partial charge is 0.244 e. The van der Waals surface area contributed by atoms with Crippen molar-refractivity contribution in [1.82, 2.24) is 10.3 Å². The molecule has 2 aromatic rings. The van der Waals surface area contributed by atoms with Gasteiger partial charge in [-0.25, -0.2) is 4.98 Å². The van der Waals surface area contributed by atoms with Crippen molar-refractivity contribution in [2.45, 2.75) is 25.8 Å². The summed E-state index contributed by atoms with van der Waals surface area (Å²) in [6, 6.07) is 4.05. The molecule has 1 amide bonds. The fraction of sp³-hybridized carbons (Fsp3) is 0.333. The van der Waals surface area contributed by atoms with Crippen molar-refractivity contribution >= 4 is 34.7 Å². The molecular weight excluding hydrogens is 288 g/mol. The van der Waals surface area contributed by atoms with E-state index in [-0.39, 0.29) is 11.9 Å². The molecule has 2 heterocycles. The van der Waals surface area contributed by atoms with E-state index in [1.165, 1.54) is 12.8 Å². The summed E-state index contributed by atoms with van der Waals surface area (Å²) in [5.74, 6) is 0.516. The van der Waals surface area contributed by atoms with Crippen molar-refractivity contribution in [2.24, 2.45) is 5.92 Å². The zero-order chi connectivity index (χ0) is 13.9. The number of nitrogens with one attached hydrogen (secondary N) is 1. The van der Waals surface area contributed by atoms with Crippen LogP contribution in [0.5, 0.6) is 0 Å². The summed E-state index contributed by atoms with van der Waals surface area (Å²) in [6.07, 6.45) is 5.83. The number of carbonyl (C=O) groups is 1. The number of thiophene rings is 1. The summed E-state index contributed by atoms with van der Waals surface area (Å²) >= 11 is 3.26. The van der Waals surface area contributed by atoms with E-state index < -0.39 is 0 Å². The Morgan fingerprint density at radius 1 is 1.50 bits per heavy atom. The molecule has 1 atom stereocenters. The molecule has 0 unspecified atom stereocenters. The second-order valence-corrected chi connectivity index (χ2v) is 6.87. The molecule has 5 heteroatoms. The quantitative estimate of drug-likeness (QED) is 0.854. The lowest BCUT2D eigenvalue weighted by atomic mass is 10.2. The lowest BCUT2D eigenvalue weighted by molar-refractivity contribution is -0.117. The van der Waals surface area contributed by atoms with Crippen LogP contribution in [0.2, 0.25) is 0 Å². The van der Waals surface area contributed by atoms with E-state index in [2.05, 4.69) is 10.3 Å². The molecular formula is C15H16N2OS2. The van der Waals surface area contributed by atoms with Gasteiger partial charge < -0.3 is 5.32 Å². The maximum Gasteiger partial charge on any atom is 0.244 e. The highest BCUT2D eigenvalue weighted by Gasteiger charge is 2.34. The van der Waals surface area contributed by atoms with Crippen LogP contribution in [0, 0.1) is 12.8 Å². The van der Waals surface area contributed by atoms with Crippen LogP contribution in [0.3, 0.4) is 0 Å². The van der Waals surface area contributed by atoms with Crippen LogP contribution in [0.1, 0.15) is 34.5 Å². The van der Waals surface area contributed by atoms with Crippen molar-refractivity contribution in [2.75, 3.05) is 0 Å². The first-order valence-electron chi connectivity index (χ1n) is 6.66. The minimum atomic E-state index is -0.0387. The Morgan fingerprint density at radius 2 is 2.35 bits per heavy atom. The third kappa shape index (κ3) is 3.35. The molecule has 3 rings (SSSR count). The molecule has 3 nitrogen and oxygen atoms in total. The summed E-state index contributed by atoms with van der Waals surface area (Å²) in [5.41, 5.74) is 1.03. The largest absolute Gasteiger partial charge is 0.343 e. The topological polar surface area (TPSA) is 42.0 Å². The zero-order valence-corrected chi connectivity index (χ0v) is 12.8. The second kappa shape index (κ2) is 5.89. The monoisotopic (exact) mass is 304 g/mol. The van der Waals surface area contributed by atoms with E-state index in [1.807, 2.05) is 35.9 Å². The molecule has 0 aliphatic heterocycles. The molecule has 2 aromatic heterocycles. The summed E-state index contributed by atoms with van der Waals surface area (Å²) < 4.78 is 0. The summed E-state index contributed by atoms with van der Waals surface area (Å²) in [7, 11) is 0. The molecule has 104 valence electrons. The Bertz CT molecular complexity index is 612. The van der Waals surface area contributed by atoms with Gasteiger partial charge in [0.05, 0.1) is 6.04 Å². The SMILES string of the molecule is Cc1csc([C@@H](NC(=O)/C=C\c2cccs2)C2CC2)n1. The second-order valence-electron chi connectivity index (χ2n) is 5.00. The Labute approximate surface area is 126 Å². The number of aryl methyl sites for hydroxylation is 1. The first-order valence-corrected chi connectivity index (χ1v) is 8.42. The number of rotatable bonds is 5. The lowest BCUT2D eigenvalue weighted by Gasteiger charge is -2.14. The molecule has 1 saturated carbocycles. The Kier molecular flexibility index (Phi) is 3.98. The van der Waals surface area contributed by atoms with Gasteiger partial charge in [0.2, 0.25) is 5.91 Å². The fourth-order valence-electron chi connectivity index (χ4n) is 2.07. The van der Waals surface area contributed by atoms with E-state index in [0.29, 0.717) is 5.92 Å². The van der Waals surface area contributed by atoms with Gasteiger partial charge in [0, 0.05) is 22.0 Å². The van der Waals surface area contributed by atoms with Crippen molar-refractivity contribution < 1.29 is 4.79 Å². The molecule has 0 aromatic carbocycles. The maximum atomic E-state index is 12.0. The number of aromatic nitrogens is 1. The molecule has 1 fully saturated rings. The van der Waals surface area contributed by atoms with E-state index in [1.54, 1.807) is 28.7 Å². The standard InChI is InChI=1S/C15H16N2OS2/c1-10-9-20-15(16-10)14(11-4-5-11)17-13(18)7-6-12-3-2-8-19-12/h2-3,6-9,11,14H,4-5H2,1H3,(H,17,18)/b7-6-/t14-/m0/s1. The highest BCUT2D eigenvalue weighted by atomic mass is 32.1. The van der Waals surface area contributed by atoms with E-state index in [4.69, 9.17) is 0 Å². The first kappa shape index (κ1) is 13.5. The van der Waals surface area contributed by atoms with Crippen molar-refractivity contribution in [3.8, 4) is 0 Å². The molecule has 0 radical (unpaired) electrons. The van der Waals surface area contributed by atoms with Crippen LogP contribution in [0.4, 0.5) is 0 Å². The lowest BCUT2D eigenvalue weighted by Crippen LogP contribution is -2.28. The Morgan fingerprint density at radius 3 is 2.95 bits per heavy atom. The summed E-state index contributed by atoms with van der Waals surface area (Å²) in [6.45, 7) is 1.99. The van der Waals surface area contributed by atoms with Gasteiger partial charge in [-0.15, -0.1) is 22.7 Å². The molecule has 0 bridgehead atoms. The normalized spacial score (nSPS) is 16.4. The van der Waals surface area contributed by atoms with E-state index in [0.717, 1.165) is 15.6 Å². The highest BCUT2D eigenvalue weighted by molar-refractivity contribution is 7.10. The highest BCUT2D eigenvalue weighted by Crippen LogP contribution is 2.41. The molecule has 0 spiro atoms. The third-order valence-corrected chi connectivity index (χ3v) is 5.12. The number of carbonyl (C=O) groups excluding carboxylic acids is 1. The number of nitrogens with zero attached hydrogens (tertiary/aromatic N) is 1. The van der Waals surface area contributed by atoms with Gasteiger partial charge in [0.25, 0.3) is 0 Å². The van der Waals surface area contributed by atoms with Gasteiger partial charge in [-0.3, -0.25) is 4.79 Å². The zero-order valence-electron chi connectivity index (χ0n) is 11.2. The number of amides is 1. The Balaban J connectivity index is 1.66. The van der Waals surface area contributed by atoms with Crippen LogP contribution in [0.15, 0.2) is 29.0 Å². The van der Waals surface area contributed by atoms with Gasteiger partial charge in [-0.2, -0.15) is 0 Å². The molecule has 1 aliphatic rings. The first-order chi connectivity index (χ1) is 9.72. The third-order valence-electron chi connectivity index (χ3n) is 3.24. The van der Waals surface area contributed by atoms with E-state index >= 15 is 0 Å². The fourth-order valence-corrected chi connectivity index (χ4v) is 3.63. The molecule has 20 heavy (non-hydrogen) atoms. The predicted molar refractivity (Wildman–Crippen MR) is 83.8 cm³/mol.